The van der Waals surface area contributed by atoms with Crippen LogP contribution in [0.2, 0.25) is 0 Å². The number of benzene rings is 1. The lowest BCUT2D eigenvalue weighted by Crippen LogP contribution is -2.41. The van der Waals surface area contributed by atoms with E-state index >= 15 is 0 Å². The third-order valence-corrected chi connectivity index (χ3v) is 6.39. The van der Waals surface area contributed by atoms with Crippen molar-refractivity contribution in [3.63, 3.8) is 0 Å². The summed E-state index contributed by atoms with van der Waals surface area (Å²) in [5.41, 5.74) is 1.39. The highest BCUT2D eigenvalue weighted by molar-refractivity contribution is 6.11. The van der Waals surface area contributed by atoms with Gasteiger partial charge in [-0.15, -0.1) is 0 Å². The third kappa shape index (κ3) is 3.73. The van der Waals surface area contributed by atoms with Crippen LogP contribution in [0.25, 0.3) is 0 Å². The normalized spacial score (nSPS) is 28.3. The van der Waals surface area contributed by atoms with Crippen molar-refractivity contribution in [2.45, 2.75) is 51.7 Å². The third-order valence-electron chi connectivity index (χ3n) is 6.39. The average Bonchev–Trinajstić information content (AvgIpc) is 3.03. The molecule has 30 heavy (non-hydrogen) atoms. The Kier molecular flexibility index (Phi) is 6.14. The number of ether oxygens (including phenoxy) is 3. The number of fused-ring (bicyclic) bond motifs is 1. The molecule has 2 heterocycles. The van der Waals surface area contributed by atoms with Crippen LogP contribution in [0.5, 0.6) is 5.75 Å². The number of amides is 1. The zero-order valence-electron chi connectivity index (χ0n) is 18.1. The van der Waals surface area contributed by atoms with Crippen molar-refractivity contribution in [1.82, 2.24) is 4.90 Å². The first-order valence-electron chi connectivity index (χ1n) is 11.0. The number of carbonyl (C=O) groups excluding carboxylic acids is 2. The van der Waals surface area contributed by atoms with Gasteiger partial charge in [-0.25, -0.2) is 0 Å². The van der Waals surface area contributed by atoms with Gasteiger partial charge in [-0.1, -0.05) is 26.0 Å². The van der Waals surface area contributed by atoms with Gasteiger partial charge in [-0.2, -0.15) is 0 Å². The Bertz CT molecular complexity index is 848. The fourth-order valence-electron chi connectivity index (χ4n) is 4.89. The maximum Gasteiger partial charge on any atom is 0.290 e. The van der Waals surface area contributed by atoms with E-state index in [1.165, 1.54) is 0 Å². The van der Waals surface area contributed by atoms with Crippen molar-refractivity contribution < 1.29 is 23.8 Å². The smallest absolute Gasteiger partial charge is 0.290 e. The Morgan fingerprint density at radius 2 is 2.03 bits per heavy atom. The Hall–Kier alpha value is -2.34. The highest BCUT2D eigenvalue weighted by Crippen LogP contribution is 2.47. The first kappa shape index (κ1) is 20.9. The molecule has 162 valence electrons. The van der Waals surface area contributed by atoms with Crippen LogP contribution in [-0.4, -0.2) is 49.6 Å². The SMILES string of the molecule is CCCOc1cccc(C2C3=C(OC4CCC(C)CC4C3=O)C(=O)N2CCOC)c1. The molecule has 6 heteroatoms. The maximum atomic E-state index is 13.6. The molecule has 1 aromatic carbocycles. The molecule has 2 aliphatic heterocycles. The molecule has 1 fully saturated rings. The van der Waals surface area contributed by atoms with Gasteiger partial charge >= 0.3 is 0 Å². The number of methoxy groups -OCH3 is 1. The molecule has 0 radical (unpaired) electrons. The molecule has 0 N–H and O–H groups in total. The van der Waals surface area contributed by atoms with Crippen LogP contribution < -0.4 is 4.74 Å². The van der Waals surface area contributed by atoms with Gasteiger partial charge in [-0.05, 0) is 49.3 Å². The number of Topliss-reactive ketones (excluding diaryl/α,β-unsaturated/α-hetero) is 1. The maximum absolute atomic E-state index is 13.6. The van der Waals surface area contributed by atoms with Gasteiger partial charge in [0.25, 0.3) is 5.91 Å². The zero-order valence-corrected chi connectivity index (χ0v) is 18.1. The van der Waals surface area contributed by atoms with E-state index in [1.54, 1.807) is 12.0 Å². The summed E-state index contributed by atoms with van der Waals surface area (Å²) < 4.78 is 17.2. The number of ketones is 1. The molecule has 1 saturated carbocycles. The largest absolute Gasteiger partial charge is 0.494 e. The fourth-order valence-corrected chi connectivity index (χ4v) is 4.89. The molecule has 1 aromatic rings. The van der Waals surface area contributed by atoms with E-state index in [9.17, 15) is 9.59 Å². The summed E-state index contributed by atoms with van der Waals surface area (Å²) in [6, 6.07) is 7.25. The molecule has 1 aliphatic carbocycles. The van der Waals surface area contributed by atoms with E-state index in [-0.39, 0.29) is 29.5 Å². The van der Waals surface area contributed by atoms with Crippen LogP contribution in [0.15, 0.2) is 35.6 Å². The average molecular weight is 414 g/mol. The van der Waals surface area contributed by atoms with Crippen LogP contribution in [0.3, 0.4) is 0 Å². The topological polar surface area (TPSA) is 65.1 Å². The van der Waals surface area contributed by atoms with E-state index in [0.29, 0.717) is 31.2 Å². The molecule has 3 aliphatic rings. The van der Waals surface area contributed by atoms with Crippen molar-refractivity contribution in [2.24, 2.45) is 11.8 Å². The van der Waals surface area contributed by atoms with E-state index in [1.807, 2.05) is 24.3 Å². The zero-order chi connectivity index (χ0) is 21.3. The molecule has 6 nitrogen and oxygen atoms in total. The van der Waals surface area contributed by atoms with Gasteiger partial charge in [0, 0.05) is 13.7 Å². The predicted molar refractivity (Wildman–Crippen MR) is 112 cm³/mol. The second-order valence-corrected chi connectivity index (χ2v) is 8.60. The molecule has 4 atom stereocenters. The number of carbonyl (C=O) groups is 2. The monoisotopic (exact) mass is 413 g/mol. The Balaban J connectivity index is 1.73. The minimum Gasteiger partial charge on any atom is -0.494 e. The highest BCUT2D eigenvalue weighted by atomic mass is 16.5. The molecule has 4 rings (SSSR count). The quantitative estimate of drug-likeness (QED) is 0.683. The lowest BCUT2D eigenvalue weighted by Gasteiger charge is -2.37. The fraction of sp³-hybridized carbons (Fsp3) is 0.583. The van der Waals surface area contributed by atoms with Crippen molar-refractivity contribution in [1.29, 1.82) is 0 Å². The van der Waals surface area contributed by atoms with Crippen molar-refractivity contribution in [3.8, 4) is 5.75 Å². The number of hydrogen-bond acceptors (Lipinski definition) is 5. The minimum absolute atomic E-state index is 0.0750. The molecule has 0 bridgehead atoms. The summed E-state index contributed by atoms with van der Waals surface area (Å²) >= 11 is 0. The Morgan fingerprint density at radius 3 is 2.80 bits per heavy atom. The Labute approximate surface area is 178 Å². The van der Waals surface area contributed by atoms with Crippen LogP contribution in [0.1, 0.15) is 51.1 Å². The molecular weight excluding hydrogens is 382 g/mol. The lowest BCUT2D eigenvalue weighted by molar-refractivity contribution is -0.136. The van der Waals surface area contributed by atoms with Crippen LogP contribution in [-0.2, 0) is 19.1 Å². The van der Waals surface area contributed by atoms with Crippen molar-refractivity contribution >= 4 is 11.7 Å². The van der Waals surface area contributed by atoms with Crippen LogP contribution >= 0.6 is 0 Å². The van der Waals surface area contributed by atoms with Gasteiger partial charge in [0.1, 0.15) is 11.9 Å². The van der Waals surface area contributed by atoms with Gasteiger partial charge < -0.3 is 19.1 Å². The molecule has 1 amide bonds. The predicted octanol–water partition coefficient (Wildman–Crippen LogP) is 3.66. The van der Waals surface area contributed by atoms with Crippen molar-refractivity contribution in [2.75, 3.05) is 26.9 Å². The van der Waals surface area contributed by atoms with E-state index in [4.69, 9.17) is 14.2 Å². The molecule has 0 aromatic heterocycles. The molecular formula is C24H31NO5. The summed E-state index contributed by atoms with van der Waals surface area (Å²) in [6.07, 6.45) is 3.40. The van der Waals surface area contributed by atoms with E-state index < -0.39 is 6.04 Å². The second kappa shape index (κ2) is 8.80. The summed E-state index contributed by atoms with van der Waals surface area (Å²) in [4.78, 5) is 28.6. The van der Waals surface area contributed by atoms with Crippen molar-refractivity contribution in [3.05, 3.63) is 41.2 Å². The molecule has 0 saturated heterocycles. The van der Waals surface area contributed by atoms with Crippen LogP contribution in [0, 0.1) is 11.8 Å². The standard InChI is InChI=1S/C24H31NO5/c1-4-11-29-17-7-5-6-16(14-17)21-20-22(26)18-13-15(2)8-9-19(18)30-23(20)24(27)25(21)10-12-28-3/h5-7,14-15,18-19,21H,4,8-13H2,1-3H3. The summed E-state index contributed by atoms with van der Waals surface area (Å²) in [5, 5.41) is 0. The van der Waals surface area contributed by atoms with E-state index in [0.717, 1.165) is 37.0 Å². The van der Waals surface area contributed by atoms with Gasteiger partial charge in [0.15, 0.2) is 11.5 Å². The second-order valence-electron chi connectivity index (χ2n) is 8.60. The van der Waals surface area contributed by atoms with Gasteiger partial charge in [0.2, 0.25) is 0 Å². The first-order chi connectivity index (χ1) is 14.5. The van der Waals surface area contributed by atoms with Crippen LogP contribution in [0.4, 0.5) is 0 Å². The van der Waals surface area contributed by atoms with Gasteiger partial charge in [-0.3, -0.25) is 9.59 Å². The minimum atomic E-state index is -0.460. The highest BCUT2D eigenvalue weighted by Gasteiger charge is 2.52. The number of nitrogens with zero attached hydrogens (tertiary/aromatic N) is 1. The number of rotatable bonds is 7. The van der Waals surface area contributed by atoms with E-state index in [2.05, 4.69) is 13.8 Å². The summed E-state index contributed by atoms with van der Waals surface area (Å²) in [7, 11) is 1.61. The number of hydrogen-bond donors (Lipinski definition) is 0. The Morgan fingerprint density at radius 1 is 1.20 bits per heavy atom. The summed E-state index contributed by atoms with van der Waals surface area (Å²) in [5.74, 6) is 1.19. The molecule has 4 unspecified atom stereocenters. The summed E-state index contributed by atoms with van der Waals surface area (Å²) in [6.45, 7) is 5.66. The lowest BCUT2D eigenvalue weighted by atomic mass is 9.74. The first-order valence-corrected chi connectivity index (χ1v) is 11.0. The molecule has 0 spiro atoms. The van der Waals surface area contributed by atoms with Gasteiger partial charge in [0.05, 0.1) is 30.7 Å².